The fraction of sp³-hybridized carbons (Fsp3) is 0.375. The molecular weight excluding hydrogens is 422 g/mol. The Morgan fingerprint density at radius 2 is 1.79 bits per heavy atom. The van der Waals surface area contributed by atoms with Gasteiger partial charge >= 0.3 is 5.69 Å². The summed E-state index contributed by atoms with van der Waals surface area (Å²) in [5.74, 6) is -0.359. The number of nitrogens with zero attached hydrogens (tertiary/aromatic N) is 3. The molecule has 3 aromatic rings. The Labute approximate surface area is 189 Å². The van der Waals surface area contributed by atoms with Gasteiger partial charge < -0.3 is 10.2 Å². The Kier molecular flexibility index (Phi) is 5.53. The summed E-state index contributed by atoms with van der Waals surface area (Å²) in [5.41, 5.74) is 0.666. The number of carbonyl (C=O) groups is 2. The number of aromatic amines is 1. The molecule has 5 rings (SSSR count). The minimum absolute atomic E-state index is 0.00269. The topological polar surface area (TPSA) is 117 Å². The molecule has 1 aromatic carbocycles. The second kappa shape index (κ2) is 8.65. The minimum atomic E-state index is -0.539. The summed E-state index contributed by atoms with van der Waals surface area (Å²) in [6.07, 6.45) is 4.33. The number of piperidine rings is 1. The number of fused-ring (bicyclic) bond motifs is 1. The van der Waals surface area contributed by atoms with Crippen molar-refractivity contribution in [1.29, 1.82) is 0 Å². The van der Waals surface area contributed by atoms with Gasteiger partial charge in [-0.3, -0.25) is 23.9 Å². The van der Waals surface area contributed by atoms with Crippen LogP contribution in [0.4, 0.5) is 0 Å². The Bertz CT molecular complexity index is 1320. The summed E-state index contributed by atoms with van der Waals surface area (Å²) in [4.78, 5) is 58.4. The van der Waals surface area contributed by atoms with E-state index in [2.05, 4.69) is 15.3 Å². The van der Waals surface area contributed by atoms with Gasteiger partial charge in [-0.05, 0) is 37.3 Å². The van der Waals surface area contributed by atoms with Gasteiger partial charge in [0.2, 0.25) is 5.91 Å². The molecule has 2 aliphatic rings. The molecule has 170 valence electrons. The molecule has 3 heterocycles. The quantitative estimate of drug-likeness (QED) is 0.616. The zero-order valence-corrected chi connectivity index (χ0v) is 18.1. The number of amides is 2. The fourth-order valence-electron chi connectivity index (χ4n) is 4.38. The lowest BCUT2D eigenvalue weighted by Crippen LogP contribution is -2.43. The number of likely N-dealkylation sites (tertiary alicyclic amines) is 1. The van der Waals surface area contributed by atoms with Gasteiger partial charge in [0.15, 0.2) is 0 Å². The number of benzene rings is 1. The number of hydrogen-bond acceptors (Lipinski definition) is 5. The Hall–Kier alpha value is -3.75. The van der Waals surface area contributed by atoms with Gasteiger partial charge in [-0.1, -0.05) is 30.3 Å². The molecule has 33 heavy (non-hydrogen) atoms. The van der Waals surface area contributed by atoms with Crippen molar-refractivity contribution >= 4 is 22.8 Å². The lowest BCUT2D eigenvalue weighted by Gasteiger charge is -2.31. The smallest absolute Gasteiger partial charge is 0.330 e. The first-order chi connectivity index (χ1) is 16.0. The Morgan fingerprint density at radius 3 is 2.48 bits per heavy atom. The van der Waals surface area contributed by atoms with E-state index in [1.807, 2.05) is 30.3 Å². The van der Waals surface area contributed by atoms with Crippen LogP contribution in [-0.4, -0.2) is 44.3 Å². The van der Waals surface area contributed by atoms with E-state index in [-0.39, 0.29) is 29.2 Å². The molecule has 0 spiro atoms. The van der Waals surface area contributed by atoms with Gasteiger partial charge in [-0.15, -0.1) is 0 Å². The van der Waals surface area contributed by atoms with E-state index in [0.29, 0.717) is 43.7 Å². The number of aromatic nitrogens is 3. The van der Waals surface area contributed by atoms with Gasteiger partial charge in [0.05, 0.1) is 10.9 Å². The molecule has 0 atom stereocenters. The first-order valence-corrected chi connectivity index (χ1v) is 11.3. The molecule has 0 unspecified atom stereocenters. The highest BCUT2D eigenvalue weighted by molar-refractivity contribution is 5.97. The van der Waals surface area contributed by atoms with Crippen LogP contribution < -0.4 is 16.6 Å². The predicted molar refractivity (Wildman–Crippen MR) is 122 cm³/mol. The van der Waals surface area contributed by atoms with Crippen molar-refractivity contribution in [1.82, 2.24) is 24.8 Å². The SMILES string of the molecule is O=C(NCc1ccccc1)C1CCN(C(=O)c2cnc3c(c2)c(=O)[nH]c(=O)n3C2CC2)CC1. The maximum absolute atomic E-state index is 13.0. The highest BCUT2D eigenvalue weighted by Crippen LogP contribution is 2.34. The van der Waals surface area contributed by atoms with Crippen molar-refractivity contribution in [2.45, 2.75) is 38.3 Å². The van der Waals surface area contributed by atoms with E-state index < -0.39 is 11.2 Å². The lowest BCUT2D eigenvalue weighted by atomic mass is 9.95. The first kappa shape index (κ1) is 21.1. The number of H-pyrrole nitrogens is 1. The van der Waals surface area contributed by atoms with Crippen LogP contribution in [0.1, 0.15) is 47.6 Å². The molecule has 2 fully saturated rings. The van der Waals surface area contributed by atoms with E-state index in [1.54, 1.807) is 4.90 Å². The van der Waals surface area contributed by atoms with Crippen molar-refractivity contribution < 1.29 is 9.59 Å². The standard InChI is InChI=1S/C24H25N5O4/c30-21(26-13-15-4-2-1-3-5-15)16-8-10-28(11-9-16)23(32)17-12-19-20(25-14-17)29(18-6-7-18)24(33)27-22(19)31/h1-5,12,14,16,18H,6-11,13H2,(H,26,30)(H,27,31,33). The zero-order chi connectivity index (χ0) is 22.9. The molecule has 0 radical (unpaired) electrons. The molecule has 1 aliphatic carbocycles. The summed E-state index contributed by atoms with van der Waals surface area (Å²) >= 11 is 0. The number of pyridine rings is 1. The highest BCUT2D eigenvalue weighted by atomic mass is 16.2. The van der Waals surface area contributed by atoms with Gasteiger partial charge in [-0.25, -0.2) is 9.78 Å². The Morgan fingerprint density at radius 1 is 1.06 bits per heavy atom. The number of carbonyl (C=O) groups excluding carboxylic acids is 2. The van der Waals surface area contributed by atoms with Crippen LogP contribution in [0.25, 0.3) is 11.0 Å². The second-order valence-corrected chi connectivity index (χ2v) is 8.73. The van der Waals surface area contributed by atoms with E-state index >= 15 is 0 Å². The molecule has 1 saturated carbocycles. The van der Waals surface area contributed by atoms with E-state index in [4.69, 9.17) is 0 Å². The summed E-state index contributed by atoms with van der Waals surface area (Å²) < 4.78 is 1.50. The summed E-state index contributed by atoms with van der Waals surface area (Å²) in [6.45, 7) is 1.40. The monoisotopic (exact) mass is 447 g/mol. The van der Waals surface area contributed by atoms with Crippen molar-refractivity contribution in [2.24, 2.45) is 5.92 Å². The minimum Gasteiger partial charge on any atom is -0.352 e. The van der Waals surface area contributed by atoms with Crippen molar-refractivity contribution in [3.63, 3.8) is 0 Å². The van der Waals surface area contributed by atoms with Crippen LogP contribution in [0.15, 0.2) is 52.2 Å². The second-order valence-electron chi connectivity index (χ2n) is 8.73. The summed E-state index contributed by atoms with van der Waals surface area (Å²) in [7, 11) is 0. The van der Waals surface area contributed by atoms with E-state index in [0.717, 1.165) is 18.4 Å². The van der Waals surface area contributed by atoms with Crippen LogP contribution in [0, 0.1) is 5.92 Å². The molecule has 2 aromatic heterocycles. The van der Waals surface area contributed by atoms with Gasteiger partial charge in [0.25, 0.3) is 11.5 Å². The maximum Gasteiger partial charge on any atom is 0.330 e. The molecule has 1 aliphatic heterocycles. The fourth-order valence-corrected chi connectivity index (χ4v) is 4.38. The average Bonchev–Trinajstić information content (AvgIpc) is 3.68. The molecule has 9 heteroatoms. The lowest BCUT2D eigenvalue weighted by molar-refractivity contribution is -0.126. The maximum atomic E-state index is 13.0. The normalized spacial score (nSPS) is 16.7. The highest BCUT2D eigenvalue weighted by Gasteiger charge is 2.30. The molecule has 9 nitrogen and oxygen atoms in total. The van der Waals surface area contributed by atoms with Crippen LogP contribution in [0.3, 0.4) is 0 Å². The van der Waals surface area contributed by atoms with Crippen molar-refractivity contribution in [3.8, 4) is 0 Å². The molecule has 1 saturated heterocycles. The summed E-state index contributed by atoms with van der Waals surface area (Å²) in [5, 5.41) is 3.21. The Balaban J connectivity index is 1.25. The van der Waals surface area contributed by atoms with E-state index in [9.17, 15) is 19.2 Å². The van der Waals surface area contributed by atoms with Crippen LogP contribution in [0.5, 0.6) is 0 Å². The van der Waals surface area contributed by atoms with Crippen molar-refractivity contribution in [3.05, 3.63) is 74.6 Å². The summed E-state index contributed by atoms with van der Waals surface area (Å²) in [6, 6.07) is 11.3. The largest absolute Gasteiger partial charge is 0.352 e. The molecular formula is C24H25N5O4. The molecule has 2 N–H and O–H groups in total. The van der Waals surface area contributed by atoms with Crippen LogP contribution >= 0.6 is 0 Å². The average molecular weight is 447 g/mol. The third-order valence-corrected chi connectivity index (χ3v) is 6.40. The van der Waals surface area contributed by atoms with Crippen LogP contribution in [-0.2, 0) is 11.3 Å². The molecule has 2 amide bonds. The van der Waals surface area contributed by atoms with Gasteiger partial charge in [-0.2, -0.15) is 0 Å². The van der Waals surface area contributed by atoms with E-state index in [1.165, 1.54) is 16.8 Å². The third kappa shape index (κ3) is 4.30. The zero-order valence-electron chi connectivity index (χ0n) is 18.1. The van der Waals surface area contributed by atoms with Gasteiger partial charge in [0.1, 0.15) is 5.65 Å². The third-order valence-electron chi connectivity index (χ3n) is 6.40. The van der Waals surface area contributed by atoms with Crippen LogP contribution in [0.2, 0.25) is 0 Å². The number of rotatable bonds is 5. The van der Waals surface area contributed by atoms with Crippen molar-refractivity contribution in [2.75, 3.05) is 13.1 Å². The number of hydrogen-bond donors (Lipinski definition) is 2. The molecule has 0 bridgehead atoms. The first-order valence-electron chi connectivity index (χ1n) is 11.3. The van der Waals surface area contributed by atoms with Gasteiger partial charge in [0, 0.05) is 37.8 Å². The predicted octanol–water partition coefficient (Wildman–Crippen LogP) is 1.59. The number of nitrogens with one attached hydrogen (secondary N) is 2.